The van der Waals surface area contributed by atoms with Crippen LogP contribution in [0.3, 0.4) is 0 Å². The molecule has 0 radical (unpaired) electrons. The second-order valence-electron chi connectivity index (χ2n) is 4.45. The number of rotatable bonds is 4. The summed E-state index contributed by atoms with van der Waals surface area (Å²) in [5.41, 5.74) is -1.90. The van der Waals surface area contributed by atoms with Gasteiger partial charge in [0.05, 0.1) is 10.5 Å². The van der Waals surface area contributed by atoms with E-state index in [1.165, 1.54) is 12.1 Å². The zero-order valence-electron chi connectivity index (χ0n) is 11.3. The lowest BCUT2D eigenvalue weighted by Crippen LogP contribution is -2.24. The first kappa shape index (κ1) is 16.4. The molecule has 0 fully saturated rings. The van der Waals surface area contributed by atoms with Crippen LogP contribution in [0.2, 0.25) is 0 Å². The van der Waals surface area contributed by atoms with Gasteiger partial charge in [0.25, 0.3) is 5.91 Å². The molecule has 120 valence electrons. The summed E-state index contributed by atoms with van der Waals surface area (Å²) >= 11 is 0. The second kappa shape index (κ2) is 6.42. The van der Waals surface area contributed by atoms with Gasteiger partial charge >= 0.3 is 5.69 Å². The van der Waals surface area contributed by atoms with Gasteiger partial charge in [-0.15, -0.1) is 0 Å². The summed E-state index contributed by atoms with van der Waals surface area (Å²) < 4.78 is 52.8. The van der Waals surface area contributed by atoms with Crippen molar-refractivity contribution in [2.75, 3.05) is 0 Å². The van der Waals surface area contributed by atoms with Crippen molar-refractivity contribution in [2.24, 2.45) is 0 Å². The van der Waals surface area contributed by atoms with Gasteiger partial charge in [-0.3, -0.25) is 14.9 Å². The second-order valence-corrected chi connectivity index (χ2v) is 4.45. The van der Waals surface area contributed by atoms with Crippen molar-refractivity contribution in [3.8, 4) is 0 Å². The number of nitro groups is 1. The molecule has 0 saturated carbocycles. The Balaban J connectivity index is 2.25. The van der Waals surface area contributed by atoms with E-state index in [1.54, 1.807) is 0 Å². The molecule has 0 saturated heterocycles. The Morgan fingerprint density at radius 3 is 2.22 bits per heavy atom. The molecule has 0 aliphatic heterocycles. The third-order valence-corrected chi connectivity index (χ3v) is 2.94. The minimum Gasteiger partial charge on any atom is -0.348 e. The smallest absolute Gasteiger partial charge is 0.308 e. The zero-order chi connectivity index (χ0) is 17.1. The van der Waals surface area contributed by atoms with E-state index in [0.717, 1.165) is 12.1 Å². The van der Waals surface area contributed by atoms with Crippen LogP contribution in [0, 0.1) is 33.4 Å². The summed E-state index contributed by atoms with van der Waals surface area (Å²) in [4.78, 5) is 21.1. The lowest BCUT2D eigenvalue weighted by molar-refractivity contribution is -0.387. The number of nitrogens with zero attached hydrogens (tertiary/aromatic N) is 1. The summed E-state index contributed by atoms with van der Waals surface area (Å²) in [5, 5.41) is 12.8. The normalized spacial score (nSPS) is 10.4. The molecule has 2 aromatic carbocycles. The third-order valence-electron chi connectivity index (χ3n) is 2.94. The monoisotopic (exact) mass is 328 g/mol. The van der Waals surface area contributed by atoms with Crippen LogP contribution in [0.4, 0.5) is 23.2 Å². The van der Waals surface area contributed by atoms with Gasteiger partial charge in [-0.25, -0.2) is 13.2 Å². The maximum absolute atomic E-state index is 13.6. The molecule has 0 aliphatic rings. The van der Waals surface area contributed by atoms with Gasteiger partial charge in [0.2, 0.25) is 11.6 Å². The van der Waals surface area contributed by atoms with Crippen LogP contribution in [0.1, 0.15) is 15.9 Å². The summed E-state index contributed by atoms with van der Waals surface area (Å²) in [7, 11) is 0. The molecule has 1 N–H and O–H groups in total. The zero-order valence-corrected chi connectivity index (χ0v) is 11.3. The van der Waals surface area contributed by atoms with Crippen molar-refractivity contribution in [1.82, 2.24) is 5.32 Å². The maximum Gasteiger partial charge on any atom is 0.308 e. The predicted molar refractivity (Wildman–Crippen MR) is 70.5 cm³/mol. The fraction of sp³-hybridized carbons (Fsp3) is 0.0714. The standard InChI is InChI=1S/C14H8F4N2O3/c15-8-3-1-7(2-4-8)6-19-14(21)9-5-10(20(22)23)12(17)13(18)11(9)16/h1-5H,6H2,(H,19,21). The summed E-state index contributed by atoms with van der Waals surface area (Å²) in [6.07, 6.45) is 0. The van der Waals surface area contributed by atoms with Crippen molar-refractivity contribution in [3.63, 3.8) is 0 Å². The number of halogens is 4. The number of amides is 1. The maximum atomic E-state index is 13.6. The van der Waals surface area contributed by atoms with E-state index in [0.29, 0.717) is 11.6 Å². The summed E-state index contributed by atoms with van der Waals surface area (Å²) in [5.74, 6) is -7.59. The van der Waals surface area contributed by atoms with Gasteiger partial charge in [-0.1, -0.05) is 12.1 Å². The van der Waals surface area contributed by atoms with E-state index < -0.39 is 45.4 Å². The molecule has 2 aromatic rings. The summed E-state index contributed by atoms with van der Waals surface area (Å²) in [6, 6.07) is 5.27. The topological polar surface area (TPSA) is 72.2 Å². The number of hydrogen-bond acceptors (Lipinski definition) is 3. The fourth-order valence-corrected chi connectivity index (χ4v) is 1.77. The largest absolute Gasteiger partial charge is 0.348 e. The van der Waals surface area contributed by atoms with E-state index in [-0.39, 0.29) is 6.54 Å². The van der Waals surface area contributed by atoms with Crippen LogP contribution in [0.5, 0.6) is 0 Å². The molecule has 23 heavy (non-hydrogen) atoms. The Kier molecular flexibility index (Phi) is 4.58. The molecule has 0 aliphatic carbocycles. The average molecular weight is 328 g/mol. The Bertz CT molecular complexity index is 779. The molecule has 0 aromatic heterocycles. The highest BCUT2D eigenvalue weighted by Crippen LogP contribution is 2.25. The Morgan fingerprint density at radius 1 is 1.04 bits per heavy atom. The van der Waals surface area contributed by atoms with Crippen molar-refractivity contribution in [3.05, 3.63) is 74.8 Å². The molecule has 0 bridgehead atoms. The highest BCUT2D eigenvalue weighted by atomic mass is 19.2. The number of hydrogen-bond donors (Lipinski definition) is 1. The SMILES string of the molecule is O=C(NCc1ccc(F)cc1)c1cc([N+](=O)[O-])c(F)c(F)c1F. The van der Waals surface area contributed by atoms with Gasteiger partial charge in [0.15, 0.2) is 5.82 Å². The number of carbonyl (C=O) groups excluding carboxylic acids is 1. The molecule has 0 atom stereocenters. The molecule has 9 heteroatoms. The quantitative estimate of drug-likeness (QED) is 0.406. The van der Waals surface area contributed by atoms with Gasteiger partial charge in [-0.05, 0) is 17.7 Å². The van der Waals surface area contributed by atoms with E-state index in [1.807, 2.05) is 0 Å². The molecule has 1 amide bonds. The van der Waals surface area contributed by atoms with Crippen LogP contribution in [-0.4, -0.2) is 10.8 Å². The van der Waals surface area contributed by atoms with Crippen molar-refractivity contribution in [2.45, 2.75) is 6.54 Å². The lowest BCUT2D eigenvalue weighted by Gasteiger charge is -2.07. The Hall–Kier alpha value is -2.97. The summed E-state index contributed by atoms with van der Waals surface area (Å²) in [6.45, 7) is -0.161. The van der Waals surface area contributed by atoms with Gasteiger partial charge < -0.3 is 5.32 Å². The number of nitro benzene ring substituents is 1. The predicted octanol–water partition coefficient (Wildman–Crippen LogP) is 3.08. The van der Waals surface area contributed by atoms with Gasteiger partial charge in [0, 0.05) is 12.6 Å². The number of carbonyl (C=O) groups is 1. The van der Waals surface area contributed by atoms with Crippen molar-refractivity contribution >= 4 is 11.6 Å². The van der Waals surface area contributed by atoms with Crippen LogP contribution in [-0.2, 0) is 6.54 Å². The molecule has 0 unspecified atom stereocenters. The first-order valence-electron chi connectivity index (χ1n) is 6.15. The highest BCUT2D eigenvalue weighted by Gasteiger charge is 2.28. The number of nitrogens with one attached hydrogen (secondary N) is 1. The Labute approximate surface area is 126 Å². The van der Waals surface area contributed by atoms with E-state index in [2.05, 4.69) is 5.32 Å². The van der Waals surface area contributed by atoms with Crippen LogP contribution in [0.15, 0.2) is 30.3 Å². The Morgan fingerprint density at radius 2 is 1.65 bits per heavy atom. The number of benzene rings is 2. The van der Waals surface area contributed by atoms with E-state index >= 15 is 0 Å². The van der Waals surface area contributed by atoms with E-state index in [4.69, 9.17) is 0 Å². The lowest BCUT2D eigenvalue weighted by atomic mass is 10.1. The van der Waals surface area contributed by atoms with Crippen LogP contribution >= 0.6 is 0 Å². The first-order chi connectivity index (χ1) is 10.8. The van der Waals surface area contributed by atoms with Crippen LogP contribution < -0.4 is 5.32 Å². The average Bonchev–Trinajstić information content (AvgIpc) is 2.51. The van der Waals surface area contributed by atoms with Crippen LogP contribution in [0.25, 0.3) is 0 Å². The molecule has 2 rings (SSSR count). The van der Waals surface area contributed by atoms with E-state index in [9.17, 15) is 32.5 Å². The minimum atomic E-state index is -2.11. The third kappa shape index (κ3) is 3.44. The van der Waals surface area contributed by atoms with Crippen molar-refractivity contribution in [1.29, 1.82) is 0 Å². The van der Waals surface area contributed by atoms with Crippen molar-refractivity contribution < 1.29 is 27.3 Å². The molecule has 0 heterocycles. The fourth-order valence-electron chi connectivity index (χ4n) is 1.77. The molecular formula is C14H8F4N2O3. The first-order valence-corrected chi connectivity index (χ1v) is 6.15. The highest BCUT2D eigenvalue weighted by molar-refractivity contribution is 5.95. The molecule has 5 nitrogen and oxygen atoms in total. The minimum absolute atomic E-state index is 0.161. The van der Waals surface area contributed by atoms with Gasteiger partial charge in [0.1, 0.15) is 5.82 Å². The van der Waals surface area contributed by atoms with Gasteiger partial charge in [-0.2, -0.15) is 4.39 Å². The molecule has 0 spiro atoms. The molecular weight excluding hydrogens is 320 g/mol.